The van der Waals surface area contributed by atoms with Crippen molar-refractivity contribution in [2.24, 2.45) is 0 Å². The summed E-state index contributed by atoms with van der Waals surface area (Å²) in [5.41, 5.74) is 0.421. The standard InChI is InChI=1S/C19H26N2O4/c1-19(2,3)25-18(23)21-11-6-8-15(21)17(22)20-14-10-12-24-16-9-5-4-7-13(14)16/h4-5,7,9,14-15H,6,8,10-12H2,1-3H3,(H,20,22)/t14-,15+/m1/s1. The van der Waals surface area contributed by atoms with E-state index in [2.05, 4.69) is 5.32 Å². The van der Waals surface area contributed by atoms with Gasteiger partial charge in [-0.15, -0.1) is 0 Å². The SMILES string of the molecule is CC(C)(C)OC(=O)N1CCC[C@H]1C(=O)N[C@@H]1CCOc2ccccc21. The van der Waals surface area contributed by atoms with Crippen LogP contribution in [0.15, 0.2) is 24.3 Å². The van der Waals surface area contributed by atoms with Crippen LogP contribution in [-0.4, -0.2) is 41.7 Å². The first-order chi connectivity index (χ1) is 11.8. The van der Waals surface area contributed by atoms with Crippen LogP contribution in [0.3, 0.4) is 0 Å². The monoisotopic (exact) mass is 346 g/mol. The van der Waals surface area contributed by atoms with Crippen LogP contribution in [0, 0.1) is 0 Å². The van der Waals surface area contributed by atoms with Crippen molar-refractivity contribution >= 4 is 12.0 Å². The van der Waals surface area contributed by atoms with Gasteiger partial charge in [0.25, 0.3) is 0 Å². The molecular weight excluding hydrogens is 320 g/mol. The molecule has 0 spiro atoms. The van der Waals surface area contributed by atoms with Gasteiger partial charge < -0.3 is 14.8 Å². The van der Waals surface area contributed by atoms with Crippen LogP contribution in [0.5, 0.6) is 5.75 Å². The highest BCUT2D eigenvalue weighted by molar-refractivity contribution is 5.86. The van der Waals surface area contributed by atoms with Crippen LogP contribution in [0.2, 0.25) is 0 Å². The molecule has 2 aliphatic rings. The zero-order valence-corrected chi connectivity index (χ0v) is 15.1. The lowest BCUT2D eigenvalue weighted by Crippen LogP contribution is -2.48. The Bertz CT molecular complexity index is 653. The molecule has 25 heavy (non-hydrogen) atoms. The topological polar surface area (TPSA) is 67.9 Å². The van der Waals surface area contributed by atoms with Crippen molar-refractivity contribution in [3.8, 4) is 5.75 Å². The smallest absolute Gasteiger partial charge is 0.410 e. The molecule has 0 radical (unpaired) electrons. The van der Waals surface area contributed by atoms with Gasteiger partial charge in [0.15, 0.2) is 0 Å². The van der Waals surface area contributed by atoms with Crippen molar-refractivity contribution in [3.63, 3.8) is 0 Å². The molecule has 0 unspecified atom stereocenters. The van der Waals surface area contributed by atoms with Crippen LogP contribution >= 0.6 is 0 Å². The van der Waals surface area contributed by atoms with Crippen LogP contribution < -0.4 is 10.1 Å². The predicted octanol–water partition coefficient (Wildman–Crippen LogP) is 3.03. The van der Waals surface area contributed by atoms with E-state index in [1.165, 1.54) is 0 Å². The summed E-state index contributed by atoms with van der Waals surface area (Å²) in [5, 5.41) is 3.10. The van der Waals surface area contributed by atoms with E-state index in [0.29, 0.717) is 19.6 Å². The number of carbonyl (C=O) groups excluding carboxylic acids is 2. The van der Waals surface area contributed by atoms with Gasteiger partial charge in [0.2, 0.25) is 5.91 Å². The zero-order chi connectivity index (χ0) is 18.0. The van der Waals surface area contributed by atoms with E-state index in [0.717, 1.165) is 24.2 Å². The van der Waals surface area contributed by atoms with E-state index in [-0.39, 0.29) is 11.9 Å². The van der Waals surface area contributed by atoms with E-state index in [9.17, 15) is 9.59 Å². The van der Waals surface area contributed by atoms with E-state index in [1.54, 1.807) is 4.90 Å². The minimum absolute atomic E-state index is 0.0847. The second-order valence-corrected chi connectivity index (χ2v) is 7.57. The Kier molecular flexibility index (Phi) is 4.88. The van der Waals surface area contributed by atoms with E-state index >= 15 is 0 Å². The molecule has 0 saturated carbocycles. The lowest BCUT2D eigenvalue weighted by atomic mass is 10.00. The fraction of sp³-hybridized carbons (Fsp3) is 0.579. The largest absolute Gasteiger partial charge is 0.493 e. The molecule has 1 aromatic carbocycles. The number of carbonyl (C=O) groups is 2. The summed E-state index contributed by atoms with van der Waals surface area (Å²) in [6, 6.07) is 7.19. The number of hydrogen-bond acceptors (Lipinski definition) is 4. The lowest BCUT2D eigenvalue weighted by molar-refractivity contribution is -0.126. The number of para-hydroxylation sites is 1. The van der Waals surface area contributed by atoms with Crippen molar-refractivity contribution in [1.29, 1.82) is 0 Å². The Hall–Kier alpha value is -2.24. The van der Waals surface area contributed by atoms with Crippen molar-refractivity contribution in [1.82, 2.24) is 10.2 Å². The molecule has 1 saturated heterocycles. The Morgan fingerprint density at radius 3 is 2.76 bits per heavy atom. The van der Waals surface area contributed by atoms with E-state index in [4.69, 9.17) is 9.47 Å². The first kappa shape index (κ1) is 17.6. The molecule has 0 bridgehead atoms. The second kappa shape index (κ2) is 6.94. The first-order valence-electron chi connectivity index (χ1n) is 8.87. The highest BCUT2D eigenvalue weighted by atomic mass is 16.6. The molecule has 1 N–H and O–H groups in total. The fourth-order valence-corrected chi connectivity index (χ4v) is 3.34. The molecule has 6 nitrogen and oxygen atoms in total. The van der Waals surface area contributed by atoms with Crippen molar-refractivity contribution < 1.29 is 19.1 Å². The van der Waals surface area contributed by atoms with Gasteiger partial charge in [-0.3, -0.25) is 9.69 Å². The summed E-state index contributed by atoms with van der Waals surface area (Å²) in [4.78, 5) is 26.7. The van der Waals surface area contributed by atoms with Crippen LogP contribution in [0.4, 0.5) is 4.79 Å². The van der Waals surface area contributed by atoms with Gasteiger partial charge in [-0.2, -0.15) is 0 Å². The number of fused-ring (bicyclic) bond motifs is 1. The van der Waals surface area contributed by atoms with E-state index < -0.39 is 17.7 Å². The third-order valence-corrected chi connectivity index (χ3v) is 4.46. The molecule has 0 aromatic heterocycles. The van der Waals surface area contributed by atoms with Gasteiger partial charge in [0.05, 0.1) is 12.6 Å². The fourth-order valence-electron chi connectivity index (χ4n) is 3.34. The molecule has 1 fully saturated rings. The number of benzene rings is 1. The highest BCUT2D eigenvalue weighted by Gasteiger charge is 2.37. The predicted molar refractivity (Wildman–Crippen MR) is 93.4 cm³/mol. The summed E-state index contributed by atoms with van der Waals surface area (Å²) in [5.74, 6) is 0.694. The number of ether oxygens (including phenoxy) is 2. The van der Waals surface area contributed by atoms with Crippen LogP contribution in [-0.2, 0) is 9.53 Å². The van der Waals surface area contributed by atoms with Gasteiger partial charge in [0.1, 0.15) is 17.4 Å². The zero-order valence-electron chi connectivity index (χ0n) is 15.1. The maximum atomic E-state index is 12.8. The number of nitrogens with zero attached hydrogens (tertiary/aromatic N) is 1. The second-order valence-electron chi connectivity index (χ2n) is 7.57. The number of likely N-dealkylation sites (tertiary alicyclic amines) is 1. The maximum Gasteiger partial charge on any atom is 0.410 e. The summed E-state index contributed by atoms with van der Waals surface area (Å²) in [6.07, 6.45) is 1.78. The Morgan fingerprint density at radius 2 is 2.00 bits per heavy atom. The molecule has 2 amide bonds. The third-order valence-electron chi connectivity index (χ3n) is 4.46. The summed E-state index contributed by atoms with van der Waals surface area (Å²) < 4.78 is 11.1. The van der Waals surface area contributed by atoms with Gasteiger partial charge in [0, 0.05) is 18.5 Å². The molecule has 2 heterocycles. The van der Waals surface area contributed by atoms with Gasteiger partial charge >= 0.3 is 6.09 Å². The maximum absolute atomic E-state index is 12.8. The summed E-state index contributed by atoms with van der Waals surface area (Å²) >= 11 is 0. The number of hydrogen-bond donors (Lipinski definition) is 1. The lowest BCUT2D eigenvalue weighted by Gasteiger charge is -2.31. The Labute approximate surface area is 148 Å². The first-order valence-corrected chi connectivity index (χ1v) is 8.87. The third kappa shape index (κ3) is 4.06. The average molecular weight is 346 g/mol. The van der Waals surface area contributed by atoms with Crippen molar-refractivity contribution in [3.05, 3.63) is 29.8 Å². The quantitative estimate of drug-likeness (QED) is 0.894. The van der Waals surface area contributed by atoms with Gasteiger partial charge in [-0.05, 0) is 39.7 Å². The summed E-state index contributed by atoms with van der Waals surface area (Å²) in [7, 11) is 0. The Balaban J connectivity index is 1.68. The Morgan fingerprint density at radius 1 is 1.24 bits per heavy atom. The average Bonchev–Trinajstić information content (AvgIpc) is 3.03. The number of rotatable bonds is 2. The molecule has 3 rings (SSSR count). The van der Waals surface area contributed by atoms with Gasteiger partial charge in [-0.25, -0.2) is 4.79 Å². The van der Waals surface area contributed by atoms with Crippen LogP contribution in [0.1, 0.15) is 51.6 Å². The van der Waals surface area contributed by atoms with Crippen molar-refractivity contribution in [2.75, 3.05) is 13.2 Å². The number of nitrogens with one attached hydrogen (secondary N) is 1. The molecule has 1 aromatic rings. The molecule has 6 heteroatoms. The van der Waals surface area contributed by atoms with Gasteiger partial charge in [-0.1, -0.05) is 18.2 Å². The van der Waals surface area contributed by atoms with Crippen LogP contribution in [0.25, 0.3) is 0 Å². The van der Waals surface area contributed by atoms with Crippen molar-refractivity contribution in [2.45, 2.75) is 57.7 Å². The van der Waals surface area contributed by atoms with E-state index in [1.807, 2.05) is 45.0 Å². The molecule has 2 aliphatic heterocycles. The molecule has 136 valence electrons. The number of amides is 2. The normalized spacial score (nSPS) is 22.8. The molecule has 2 atom stereocenters. The summed E-state index contributed by atoms with van der Waals surface area (Å²) in [6.45, 7) is 6.61. The highest BCUT2D eigenvalue weighted by Crippen LogP contribution is 2.32. The molecule has 0 aliphatic carbocycles. The molecular formula is C19H26N2O4. The minimum Gasteiger partial charge on any atom is -0.493 e. The minimum atomic E-state index is -0.569.